The molecule has 5 nitrogen and oxygen atoms in total. The summed E-state index contributed by atoms with van der Waals surface area (Å²) in [6.45, 7) is 2.72. The van der Waals surface area contributed by atoms with Crippen molar-refractivity contribution >= 4 is 27.3 Å². The summed E-state index contributed by atoms with van der Waals surface area (Å²) in [5.74, 6) is 1.02. The summed E-state index contributed by atoms with van der Waals surface area (Å²) in [4.78, 5) is 0. The third-order valence-corrected chi connectivity index (χ3v) is 4.37. The minimum Gasteiger partial charge on any atom is -0.489 e. The highest BCUT2D eigenvalue weighted by Gasteiger charge is 2.13. The number of anilines is 1. The average Bonchev–Trinajstić information content (AvgIpc) is 2.42. The molecule has 0 spiro atoms. The van der Waals surface area contributed by atoms with Gasteiger partial charge in [0.1, 0.15) is 12.4 Å². The molecule has 0 radical (unpaired) electrons. The van der Waals surface area contributed by atoms with Gasteiger partial charge in [0.25, 0.3) is 0 Å². The fourth-order valence-corrected chi connectivity index (χ4v) is 3.05. The second-order valence-electron chi connectivity index (χ2n) is 4.66. The summed E-state index contributed by atoms with van der Waals surface area (Å²) >= 11 is 5.56. The van der Waals surface area contributed by atoms with Gasteiger partial charge in [0.2, 0.25) is 10.0 Å². The quantitative estimate of drug-likeness (QED) is 0.527. The molecule has 0 saturated heterocycles. The molecule has 0 aliphatic heterocycles. The topological polar surface area (TPSA) is 64.6 Å². The van der Waals surface area contributed by atoms with Crippen molar-refractivity contribution in [1.29, 1.82) is 0 Å². The van der Waals surface area contributed by atoms with Crippen LogP contribution in [0.3, 0.4) is 0 Å². The third kappa shape index (κ3) is 7.02. The van der Waals surface area contributed by atoms with Crippen LogP contribution in [-0.2, 0) is 14.8 Å². The maximum Gasteiger partial charge on any atom is 0.232 e. The lowest BCUT2D eigenvalue weighted by molar-refractivity contribution is 0.146. The van der Waals surface area contributed by atoms with Gasteiger partial charge in [0, 0.05) is 13.0 Å². The summed E-state index contributed by atoms with van der Waals surface area (Å²) in [5.41, 5.74) is 1.44. The maximum absolute atomic E-state index is 12.0. The maximum atomic E-state index is 12.0. The molecule has 0 aromatic heterocycles. The second-order valence-corrected chi connectivity index (χ2v) is 6.88. The van der Waals surface area contributed by atoms with Gasteiger partial charge in [-0.15, -0.1) is 11.6 Å². The Morgan fingerprint density at radius 3 is 2.67 bits per heavy atom. The van der Waals surface area contributed by atoms with E-state index in [9.17, 15) is 8.42 Å². The molecule has 0 heterocycles. The summed E-state index contributed by atoms with van der Waals surface area (Å²) in [6.07, 6.45) is 1.21. The van der Waals surface area contributed by atoms with Gasteiger partial charge in [-0.05, 0) is 37.5 Å². The fraction of sp³-hybridized carbons (Fsp3) is 0.571. The van der Waals surface area contributed by atoms with E-state index in [4.69, 9.17) is 21.1 Å². The van der Waals surface area contributed by atoms with Crippen LogP contribution >= 0.6 is 11.6 Å². The van der Waals surface area contributed by atoms with E-state index in [1.54, 1.807) is 19.2 Å². The van der Waals surface area contributed by atoms with Crippen molar-refractivity contribution in [3.05, 3.63) is 23.8 Å². The smallest absolute Gasteiger partial charge is 0.232 e. The molecular formula is C14H22ClNO4S. The highest BCUT2D eigenvalue weighted by molar-refractivity contribution is 7.92. The molecule has 1 aromatic carbocycles. The number of unbranched alkanes of at least 4 members (excludes halogenated alkanes) is 1. The molecule has 0 aliphatic carbocycles. The first-order valence-corrected chi connectivity index (χ1v) is 8.96. The first-order chi connectivity index (χ1) is 9.98. The first kappa shape index (κ1) is 18.1. The van der Waals surface area contributed by atoms with E-state index < -0.39 is 10.0 Å². The average molecular weight is 336 g/mol. The minimum absolute atomic E-state index is 0.0467. The molecule has 0 saturated carbocycles. The lowest BCUT2D eigenvalue weighted by atomic mass is 10.2. The number of halogens is 1. The number of sulfonamides is 1. The van der Waals surface area contributed by atoms with Crippen LogP contribution in [0.4, 0.5) is 5.69 Å². The fourth-order valence-electron chi connectivity index (χ4n) is 1.67. The number of alkyl halides is 1. The van der Waals surface area contributed by atoms with Crippen molar-refractivity contribution in [3.8, 4) is 5.75 Å². The summed E-state index contributed by atoms with van der Waals surface area (Å²) < 4.78 is 37.1. The molecule has 7 heteroatoms. The van der Waals surface area contributed by atoms with Crippen LogP contribution in [-0.4, -0.2) is 40.4 Å². The Morgan fingerprint density at radius 1 is 1.24 bits per heavy atom. The molecule has 0 bridgehead atoms. The summed E-state index contributed by atoms with van der Waals surface area (Å²) in [6, 6.07) is 5.34. The Hall–Kier alpha value is -0.980. The Balaban J connectivity index is 2.76. The van der Waals surface area contributed by atoms with Crippen LogP contribution in [0.1, 0.15) is 18.4 Å². The molecule has 21 heavy (non-hydrogen) atoms. The Bertz CT molecular complexity index is 534. The minimum atomic E-state index is -3.39. The summed E-state index contributed by atoms with van der Waals surface area (Å²) in [7, 11) is -1.81. The van der Waals surface area contributed by atoms with Crippen molar-refractivity contribution < 1.29 is 17.9 Å². The Labute approximate surface area is 131 Å². The zero-order chi connectivity index (χ0) is 15.7. The van der Waals surface area contributed by atoms with E-state index in [0.29, 0.717) is 43.4 Å². The van der Waals surface area contributed by atoms with Crippen LogP contribution < -0.4 is 9.46 Å². The molecule has 1 aromatic rings. The van der Waals surface area contributed by atoms with Gasteiger partial charge in [-0.2, -0.15) is 0 Å². The number of hydrogen-bond donors (Lipinski definition) is 1. The van der Waals surface area contributed by atoms with Gasteiger partial charge in [-0.25, -0.2) is 8.42 Å². The van der Waals surface area contributed by atoms with E-state index in [2.05, 4.69) is 4.72 Å². The van der Waals surface area contributed by atoms with E-state index >= 15 is 0 Å². The molecule has 0 atom stereocenters. The van der Waals surface area contributed by atoms with Crippen molar-refractivity contribution in [2.24, 2.45) is 0 Å². The molecule has 0 fully saturated rings. The number of methoxy groups -OCH3 is 1. The number of benzene rings is 1. The van der Waals surface area contributed by atoms with Gasteiger partial charge in [-0.3, -0.25) is 4.72 Å². The number of hydrogen-bond acceptors (Lipinski definition) is 4. The molecule has 1 rings (SSSR count). The van der Waals surface area contributed by atoms with Crippen LogP contribution in [0.15, 0.2) is 18.2 Å². The largest absolute Gasteiger partial charge is 0.489 e. The zero-order valence-corrected chi connectivity index (χ0v) is 14.0. The van der Waals surface area contributed by atoms with Crippen LogP contribution in [0.5, 0.6) is 5.75 Å². The van der Waals surface area contributed by atoms with E-state index in [1.807, 2.05) is 13.0 Å². The van der Waals surface area contributed by atoms with Gasteiger partial charge in [0.05, 0.1) is 18.0 Å². The standard InChI is InChI=1S/C14H22ClNO4S/c1-12-5-6-13(14(11-12)20-9-8-19-2)16-21(17,18)10-4-3-7-15/h5-6,11,16H,3-4,7-10H2,1-2H3. The van der Waals surface area contributed by atoms with Crippen LogP contribution in [0.2, 0.25) is 0 Å². The van der Waals surface area contributed by atoms with Crippen molar-refractivity contribution in [2.45, 2.75) is 19.8 Å². The first-order valence-electron chi connectivity index (χ1n) is 6.77. The summed E-state index contributed by atoms with van der Waals surface area (Å²) in [5, 5.41) is 0. The van der Waals surface area contributed by atoms with Crippen molar-refractivity contribution in [1.82, 2.24) is 0 Å². The SMILES string of the molecule is COCCOc1cc(C)ccc1NS(=O)(=O)CCCCCl. The molecule has 1 N–H and O–H groups in total. The normalized spacial score (nSPS) is 11.4. The molecule has 0 unspecified atom stereocenters. The van der Waals surface area contributed by atoms with Gasteiger partial charge < -0.3 is 9.47 Å². The molecule has 120 valence electrons. The Kier molecular flexibility index (Phi) is 7.85. The molecular weight excluding hydrogens is 314 g/mol. The number of ether oxygens (including phenoxy) is 2. The second kappa shape index (κ2) is 9.12. The Morgan fingerprint density at radius 2 is 2.00 bits per heavy atom. The van der Waals surface area contributed by atoms with Gasteiger partial charge in [-0.1, -0.05) is 6.07 Å². The van der Waals surface area contributed by atoms with Crippen molar-refractivity contribution in [3.63, 3.8) is 0 Å². The lowest BCUT2D eigenvalue weighted by Crippen LogP contribution is -2.18. The number of nitrogens with one attached hydrogen (secondary N) is 1. The predicted octanol–water partition coefficient (Wildman–Crippen LogP) is 2.78. The highest BCUT2D eigenvalue weighted by Crippen LogP contribution is 2.27. The highest BCUT2D eigenvalue weighted by atomic mass is 35.5. The number of aryl methyl sites for hydroxylation is 1. The third-order valence-electron chi connectivity index (χ3n) is 2.74. The van der Waals surface area contributed by atoms with Gasteiger partial charge >= 0.3 is 0 Å². The van der Waals surface area contributed by atoms with Gasteiger partial charge in [0.15, 0.2) is 0 Å². The predicted molar refractivity (Wildman–Crippen MR) is 85.9 cm³/mol. The van der Waals surface area contributed by atoms with E-state index in [0.717, 1.165) is 5.56 Å². The van der Waals surface area contributed by atoms with Crippen LogP contribution in [0, 0.1) is 6.92 Å². The number of rotatable bonds is 10. The van der Waals surface area contributed by atoms with Crippen LogP contribution in [0.25, 0.3) is 0 Å². The monoisotopic (exact) mass is 335 g/mol. The molecule has 0 amide bonds. The van der Waals surface area contributed by atoms with E-state index in [1.165, 1.54) is 0 Å². The van der Waals surface area contributed by atoms with Crippen molar-refractivity contribution in [2.75, 3.05) is 36.7 Å². The lowest BCUT2D eigenvalue weighted by Gasteiger charge is -2.14. The molecule has 0 aliphatic rings. The van der Waals surface area contributed by atoms with E-state index in [-0.39, 0.29) is 5.75 Å². The zero-order valence-electron chi connectivity index (χ0n) is 12.4.